The number of hydrogen-bond donors (Lipinski definition) is 0. The number of anilines is 1. The summed E-state index contributed by atoms with van der Waals surface area (Å²) in [6, 6.07) is 8.10. The van der Waals surface area contributed by atoms with Crippen molar-refractivity contribution in [3.8, 4) is 0 Å². The van der Waals surface area contributed by atoms with E-state index in [1.165, 1.54) is 0 Å². The van der Waals surface area contributed by atoms with Gasteiger partial charge in [0.15, 0.2) is 0 Å². The molecule has 0 spiro atoms. The van der Waals surface area contributed by atoms with Gasteiger partial charge in [-0.15, -0.1) is 11.8 Å². The van der Waals surface area contributed by atoms with E-state index >= 15 is 0 Å². The van der Waals surface area contributed by atoms with Gasteiger partial charge in [-0.1, -0.05) is 19.1 Å². The van der Waals surface area contributed by atoms with Crippen molar-refractivity contribution in [3.63, 3.8) is 0 Å². The Balaban J connectivity index is 2.02. The molecule has 0 aliphatic carbocycles. The molecule has 22 heavy (non-hydrogen) atoms. The third-order valence-corrected chi connectivity index (χ3v) is 5.06. The summed E-state index contributed by atoms with van der Waals surface area (Å²) in [5.41, 5.74) is 2.31. The zero-order valence-corrected chi connectivity index (χ0v) is 13.9. The van der Waals surface area contributed by atoms with Gasteiger partial charge in [0, 0.05) is 22.9 Å². The summed E-state index contributed by atoms with van der Waals surface area (Å²) < 4.78 is 0. The van der Waals surface area contributed by atoms with Crippen LogP contribution in [-0.4, -0.2) is 27.7 Å². The Morgan fingerprint density at radius 2 is 2.09 bits per heavy atom. The number of amides is 1. The first-order valence-corrected chi connectivity index (χ1v) is 8.32. The number of aryl methyl sites for hydroxylation is 2. The fourth-order valence-corrected chi connectivity index (χ4v) is 3.75. The lowest BCUT2D eigenvalue weighted by Gasteiger charge is -2.23. The summed E-state index contributed by atoms with van der Waals surface area (Å²) in [4.78, 5) is 24.5. The number of hydrogen-bond acceptors (Lipinski definition) is 4. The van der Waals surface area contributed by atoms with E-state index in [1.807, 2.05) is 48.7 Å². The Bertz CT molecular complexity index is 717. The Morgan fingerprint density at radius 3 is 2.86 bits per heavy atom. The smallest absolute Gasteiger partial charge is 0.261 e. The van der Waals surface area contributed by atoms with Crippen LogP contribution < -0.4 is 4.90 Å². The first-order chi connectivity index (χ1) is 10.6. The molecule has 1 aliphatic rings. The molecule has 2 aromatic rings. The zero-order valence-electron chi connectivity index (χ0n) is 13.0. The van der Waals surface area contributed by atoms with Gasteiger partial charge in [0.05, 0.1) is 16.9 Å². The number of nitrogens with zero attached hydrogens (tertiary/aromatic N) is 3. The van der Waals surface area contributed by atoms with Gasteiger partial charge in [-0.25, -0.2) is 9.97 Å². The molecule has 0 fully saturated rings. The average molecular weight is 313 g/mol. The summed E-state index contributed by atoms with van der Waals surface area (Å²) in [6.07, 6.45) is 2.61. The molecule has 1 aromatic carbocycles. The average Bonchev–Trinajstić information content (AvgIpc) is 2.65. The Morgan fingerprint density at radius 1 is 1.32 bits per heavy atom. The van der Waals surface area contributed by atoms with Gasteiger partial charge >= 0.3 is 0 Å². The van der Waals surface area contributed by atoms with Crippen molar-refractivity contribution in [3.05, 3.63) is 47.5 Å². The number of carbonyl (C=O) groups excluding carboxylic acids is 1. The largest absolute Gasteiger partial charge is 0.307 e. The minimum Gasteiger partial charge on any atom is -0.307 e. The van der Waals surface area contributed by atoms with Gasteiger partial charge in [-0.05, 0) is 32.4 Å². The third kappa shape index (κ3) is 2.86. The lowest BCUT2D eigenvalue weighted by molar-refractivity contribution is 0.0985. The van der Waals surface area contributed by atoms with E-state index in [4.69, 9.17) is 0 Å². The fraction of sp³-hybridized carbons (Fsp3) is 0.353. The topological polar surface area (TPSA) is 46.1 Å². The summed E-state index contributed by atoms with van der Waals surface area (Å²) in [7, 11) is 0. The second-order valence-electron chi connectivity index (χ2n) is 5.56. The Hall–Kier alpha value is -1.88. The number of rotatable bonds is 1. The first-order valence-electron chi connectivity index (χ1n) is 7.44. The van der Waals surface area contributed by atoms with Crippen molar-refractivity contribution >= 4 is 23.4 Å². The number of carbonyl (C=O) groups is 1. The predicted octanol–water partition coefficient (Wildman–Crippen LogP) is 3.62. The molecule has 4 nitrogen and oxygen atoms in total. The molecule has 0 radical (unpaired) electrons. The molecule has 0 N–H and O–H groups in total. The van der Waals surface area contributed by atoms with Gasteiger partial charge in [0.25, 0.3) is 5.91 Å². The van der Waals surface area contributed by atoms with E-state index in [9.17, 15) is 4.79 Å². The van der Waals surface area contributed by atoms with Crippen molar-refractivity contribution in [1.82, 2.24) is 9.97 Å². The van der Waals surface area contributed by atoms with Crippen LogP contribution in [0.25, 0.3) is 0 Å². The van der Waals surface area contributed by atoms with E-state index in [0.717, 1.165) is 29.2 Å². The molecule has 0 bridgehead atoms. The van der Waals surface area contributed by atoms with Crippen LogP contribution in [0.1, 0.15) is 35.2 Å². The monoisotopic (exact) mass is 313 g/mol. The van der Waals surface area contributed by atoms with Gasteiger partial charge in [0.2, 0.25) is 0 Å². The lowest BCUT2D eigenvalue weighted by atomic mass is 10.1. The number of aromatic nitrogens is 2. The second-order valence-corrected chi connectivity index (χ2v) is 7.04. The highest BCUT2D eigenvalue weighted by molar-refractivity contribution is 8.00. The minimum atomic E-state index is -0.0142. The van der Waals surface area contributed by atoms with Crippen LogP contribution in [0.3, 0.4) is 0 Å². The molecule has 2 heterocycles. The van der Waals surface area contributed by atoms with Gasteiger partial charge < -0.3 is 4.90 Å². The summed E-state index contributed by atoms with van der Waals surface area (Å²) in [5.74, 6) is 0.675. The van der Waals surface area contributed by atoms with Crippen molar-refractivity contribution in [2.24, 2.45) is 0 Å². The number of para-hydroxylation sites is 1. The van der Waals surface area contributed by atoms with Crippen LogP contribution in [0.2, 0.25) is 0 Å². The third-order valence-electron chi connectivity index (χ3n) is 3.82. The summed E-state index contributed by atoms with van der Waals surface area (Å²) >= 11 is 1.83. The SMILES string of the molecule is Cc1ncc(C(=O)N2CC[C@@H](C)Sc3ccccc32)c(C)n1. The summed E-state index contributed by atoms with van der Waals surface area (Å²) in [5, 5.41) is 0.495. The molecule has 1 amide bonds. The van der Waals surface area contributed by atoms with Gasteiger partial charge in [0.1, 0.15) is 5.82 Å². The molecule has 3 rings (SSSR count). The number of benzene rings is 1. The van der Waals surface area contributed by atoms with E-state index in [-0.39, 0.29) is 5.91 Å². The van der Waals surface area contributed by atoms with E-state index < -0.39 is 0 Å². The van der Waals surface area contributed by atoms with Crippen LogP contribution in [0.4, 0.5) is 5.69 Å². The number of thioether (sulfide) groups is 1. The zero-order chi connectivity index (χ0) is 15.7. The highest BCUT2D eigenvalue weighted by atomic mass is 32.2. The van der Waals surface area contributed by atoms with Crippen molar-refractivity contribution < 1.29 is 4.79 Å². The maximum atomic E-state index is 13.0. The van der Waals surface area contributed by atoms with E-state index in [2.05, 4.69) is 23.0 Å². The van der Waals surface area contributed by atoms with Gasteiger partial charge in [-0.3, -0.25) is 4.79 Å². The van der Waals surface area contributed by atoms with Crippen LogP contribution >= 0.6 is 11.8 Å². The standard InChI is InChI=1S/C17H19N3OS/c1-11-8-9-20(15-6-4-5-7-16(15)22-11)17(21)14-10-18-13(3)19-12(14)2/h4-7,10-11H,8-9H2,1-3H3/t11-/m1/s1. The Labute approximate surface area is 135 Å². The van der Waals surface area contributed by atoms with E-state index in [0.29, 0.717) is 16.6 Å². The molecule has 0 saturated heterocycles. The molecule has 1 aliphatic heterocycles. The maximum Gasteiger partial charge on any atom is 0.261 e. The molecular formula is C17H19N3OS. The molecule has 1 aromatic heterocycles. The van der Waals surface area contributed by atoms with Crippen molar-refractivity contribution in [1.29, 1.82) is 0 Å². The molecular weight excluding hydrogens is 294 g/mol. The van der Waals surface area contributed by atoms with Gasteiger partial charge in [-0.2, -0.15) is 0 Å². The highest BCUT2D eigenvalue weighted by Crippen LogP contribution is 2.37. The molecule has 5 heteroatoms. The second kappa shape index (κ2) is 6.08. The number of fused-ring (bicyclic) bond motifs is 1. The first kappa shape index (κ1) is 15.0. The highest BCUT2D eigenvalue weighted by Gasteiger charge is 2.26. The van der Waals surface area contributed by atoms with Crippen molar-refractivity contribution in [2.45, 2.75) is 37.3 Å². The normalized spacial score (nSPS) is 17.8. The minimum absolute atomic E-state index is 0.0142. The molecule has 1 atom stereocenters. The van der Waals surface area contributed by atoms with Crippen molar-refractivity contribution in [2.75, 3.05) is 11.4 Å². The summed E-state index contributed by atoms with van der Waals surface area (Å²) in [6.45, 7) is 6.62. The Kier molecular flexibility index (Phi) is 4.16. The maximum absolute atomic E-state index is 13.0. The lowest BCUT2D eigenvalue weighted by Crippen LogP contribution is -2.33. The quantitative estimate of drug-likeness (QED) is 0.806. The predicted molar refractivity (Wildman–Crippen MR) is 89.6 cm³/mol. The van der Waals surface area contributed by atoms with Crippen LogP contribution in [0, 0.1) is 13.8 Å². The van der Waals surface area contributed by atoms with Crippen LogP contribution in [-0.2, 0) is 0 Å². The van der Waals surface area contributed by atoms with E-state index in [1.54, 1.807) is 6.20 Å². The molecule has 0 saturated carbocycles. The van der Waals surface area contributed by atoms with Crippen LogP contribution in [0.5, 0.6) is 0 Å². The van der Waals surface area contributed by atoms with Crippen LogP contribution in [0.15, 0.2) is 35.4 Å². The molecule has 114 valence electrons. The fourth-order valence-electron chi connectivity index (χ4n) is 2.64. The molecule has 0 unspecified atom stereocenters.